The zero-order chi connectivity index (χ0) is 14.7. The Hall–Kier alpha value is -2.82. The molecule has 4 nitrogen and oxygen atoms in total. The van der Waals surface area contributed by atoms with E-state index in [9.17, 15) is 4.39 Å². The predicted molar refractivity (Wildman–Crippen MR) is 79.7 cm³/mol. The highest BCUT2D eigenvalue weighted by Gasteiger charge is 2.05. The van der Waals surface area contributed by atoms with Crippen LogP contribution in [-0.4, -0.2) is 15.0 Å². The van der Waals surface area contributed by atoms with Crippen molar-refractivity contribution >= 4 is 11.5 Å². The molecule has 2 heterocycles. The summed E-state index contributed by atoms with van der Waals surface area (Å²) in [6.45, 7) is 1.82. The Kier molecular flexibility index (Phi) is 3.55. The lowest BCUT2D eigenvalue weighted by atomic mass is 10.1. The molecule has 2 aromatic heterocycles. The molecule has 104 valence electrons. The highest BCUT2D eigenvalue weighted by molar-refractivity contribution is 5.65. The maximum absolute atomic E-state index is 13.0. The molecule has 0 saturated heterocycles. The average molecular weight is 280 g/mol. The van der Waals surface area contributed by atoms with Crippen molar-refractivity contribution in [3.8, 4) is 11.3 Å². The number of nitrogens with zero attached hydrogens (tertiary/aromatic N) is 3. The molecule has 1 N–H and O–H groups in total. The Bertz CT molecular complexity index is 742. The third-order valence-corrected chi connectivity index (χ3v) is 2.93. The summed E-state index contributed by atoms with van der Waals surface area (Å²) in [6.07, 6.45) is 3.41. The van der Waals surface area contributed by atoms with Gasteiger partial charge in [-0.05, 0) is 43.3 Å². The molecule has 0 bridgehead atoms. The van der Waals surface area contributed by atoms with Gasteiger partial charge in [0.05, 0.1) is 5.69 Å². The van der Waals surface area contributed by atoms with E-state index in [-0.39, 0.29) is 5.82 Å². The second-order valence-corrected chi connectivity index (χ2v) is 4.55. The molecule has 5 heteroatoms. The molecule has 0 aliphatic heterocycles. The van der Waals surface area contributed by atoms with Crippen LogP contribution in [0.2, 0.25) is 0 Å². The van der Waals surface area contributed by atoms with Gasteiger partial charge in [0.2, 0.25) is 0 Å². The quantitative estimate of drug-likeness (QED) is 0.794. The van der Waals surface area contributed by atoms with E-state index in [0.29, 0.717) is 11.6 Å². The number of hydrogen-bond donors (Lipinski definition) is 1. The van der Waals surface area contributed by atoms with Gasteiger partial charge in [0.25, 0.3) is 0 Å². The van der Waals surface area contributed by atoms with Gasteiger partial charge in [0, 0.05) is 29.7 Å². The van der Waals surface area contributed by atoms with Crippen molar-refractivity contribution < 1.29 is 4.39 Å². The first-order valence-electron chi connectivity index (χ1n) is 6.49. The van der Waals surface area contributed by atoms with E-state index in [1.807, 2.05) is 25.1 Å². The smallest absolute Gasteiger partial charge is 0.134 e. The monoisotopic (exact) mass is 280 g/mol. The minimum Gasteiger partial charge on any atom is -0.340 e. The molecule has 3 rings (SSSR count). The lowest BCUT2D eigenvalue weighted by Gasteiger charge is -2.08. The number of anilines is 2. The molecule has 0 fully saturated rings. The fourth-order valence-corrected chi connectivity index (χ4v) is 1.98. The van der Waals surface area contributed by atoms with Gasteiger partial charge >= 0.3 is 0 Å². The van der Waals surface area contributed by atoms with Gasteiger partial charge < -0.3 is 5.32 Å². The number of halogens is 1. The molecule has 0 amide bonds. The van der Waals surface area contributed by atoms with Crippen LogP contribution >= 0.6 is 0 Å². The molecule has 0 spiro atoms. The predicted octanol–water partition coefficient (Wildman–Crippen LogP) is 3.73. The first-order chi connectivity index (χ1) is 10.2. The molecule has 0 atom stereocenters. The Morgan fingerprint density at radius 3 is 2.38 bits per heavy atom. The molecule has 0 saturated carbocycles. The Morgan fingerprint density at radius 1 is 0.952 bits per heavy atom. The number of aryl methyl sites for hydroxylation is 1. The van der Waals surface area contributed by atoms with Gasteiger partial charge in [-0.3, -0.25) is 4.98 Å². The summed E-state index contributed by atoms with van der Waals surface area (Å²) in [5.41, 5.74) is 2.49. The Balaban J connectivity index is 1.94. The average Bonchev–Trinajstić information content (AvgIpc) is 2.48. The van der Waals surface area contributed by atoms with Gasteiger partial charge in [0.15, 0.2) is 0 Å². The van der Waals surface area contributed by atoms with E-state index >= 15 is 0 Å². The highest BCUT2D eigenvalue weighted by Crippen LogP contribution is 2.22. The van der Waals surface area contributed by atoms with Crippen LogP contribution in [0.3, 0.4) is 0 Å². The number of aromatic nitrogens is 3. The van der Waals surface area contributed by atoms with Crippen LogP contribution in [0, 0.1) is 12.7 Å². The Morgan fingerprint density at radius 2 is 1.67 bits per heavy atom. The zero-order valence-electron chi connectivity index (χ0n) is 11.4. The van der Waals surface area contributed by atoms with E-state index in [0.717, 1.165) is 16.9 Å². The molecule has 0 radical (unpaired) electrons. The van der Waals surface area contributed by atoms with Crippen molar-refractivity contribution in [2.45, 2.75) is 6.92 Å². The maximum Gasteiger partial charge on any atom is 0.134 e. The van der Waals surface area contributed by atoms with Gasteiger partial charge in [-0.15, -0.1) is 0 Å². The SMILES string of the molecule is Cc1nc(Nc2ccncc2)cc(-c2ccc(F)cc2)n1. The van der Waals surface area contributed by atoms with Crippen LogP contribution < -0.4 is 5.32 Å². The first kappa shape index (κ1) is 13.2. The largest absolute Gasteiger partial charge is 0.340 e. The van der Waals surface area contributed by atoms with E-state index < -0.39 is 0 Å². The van der Waals surface area contributed by atoms with Gasteiger partial charge in [0.1, 0.15) is 17.5 Å². The molecule has 0 aliphatic carbocycles. The fourth-order valence-electron chi connectivity index (χ4n) is 1.98. The summed E-state index contributed by atoms with van der Waals surface area (Å²) in [5.74, 6) is 1.07. The van der Waals surface area contributed by atoms with E-state index in [1.54, 1.807) is 24.5 Å². The van der Waals surface area contributed by atoms with Crippen molar-refractivity contribution in [3.63, 3.8) is 0 Å². The number of rotatable bonds is 3. The molecular formula is C16H13FN4. The van der Waals surface area contributed by atoms with Crippen LogP contribution in [0.4, 0.5) is 15.9 Å². The third-order valence-electron chi connectivity index (χ3n) is 2.93. The summed E-state index contributed by atoms with van der Waals surface area (Å²) in [4.78, 5) is 12.7. The van der Waals surface area contributed by atoms with Gasteiger partial charge in [-0.25, -0.2) is 14.4 Å². The molecule has 3 aromatic rings. The summed E-state index contributed by atoms with van der Waals surface area (Å²) >= 11 is 0. The Labute approximate surface area is 121 Å². The van der Waals surface area contributed by atoms with E-state index in [1.165, 1.54) is 12.1 Å². The summed E-state index contributed by atoms with van der Waals surface area (Å²) in [5, 5.41) is 3.20. The summed E-state index contributed by atoms with van der Waals surface area (Å²) < 4.78 is 13.0. The highest BCUT2D eigenvalue weighted by atomic mass is 19.1. The molecule has 0 aliphatic rings. The topological polar surface area (TPSA) is 50.7 Å². The van der Waals surface area contributed by atoms with Crippen molar-refractivity contribution in [1.29, 1.82) is 0 Å². The maximum atomic E-state index is 13.0. The second kappa shape index (κ2) is 5.66. The first-order valence-corrected chi connectivity index (χ1v) is 6.49. The summed E-state index contributed by atoms with van der Waals surface area (Å²) in [6, 6.07) is 11.8. The number of pyridine rings is 1. The fraction of sp³-hybridized carbons (Fsp3) is 0.0625. The zero-order valence-corrected chi connectivity index (χ0v) is 11.4. The van der Waals surface area contributed by atoms with Crippen LogP contribution in [0.5, 0.6) is 0 Å². The number of nitrogens with one attached hydrogen (secondary N) is 1. The lowest BCUT2D eigenvalue weighted by Crippen LogP contribution is -1.99. The van der Waals surface area contributed by atoms with Crippen LogP contribution in [0.15, 0.2) is 54.9 Å². The second-order valence-electron chi connectivity index (χ2n) is 4.55. The van der Waals surface area contributed by atoms with Crippen LogP contribution in [-0.2, 0) is 0 Å². The lowest BCUT2D eigenvalue weighted by molar-refractivity contribution is 0.628. The van der Waals surface area contributed by atoms with Crippen molar-refractivity contribution in [2.75, 3.05) is 5.32 Å². The minimum absolute atomic E-state index is 0.264. The van der Waals surface area contributed by atoms with Crippen molar-refractivity contribution in [1.82, 2.24) is 15.0 Å². The number of benzene rings is 1. The van der Waals surface area contributed by atoms with Crippen molar-refractivity contribution in [3.05, 3.63) is 66.5 Å². The van der Waals surface area contributed by atoms with Gasteiger partial charge in [-0.2, -0.15) is 0 Å². The third kappa shape index (κ3) is 3.20. The molecule has 1 aromatic carbocycles. The minimum atomic E-state index is -0.264. The number of hydrogen-bond acceptors (Lipinski definition) is 4. The van der Waals surface area contributed by atoms with Crippen LogP contribution in [0.25, 0.3) is 11.3 Å². The standard InChI is InChI=1S/C16H13FN4/c1-11-19-15(12-2-4-13(17)5-3-12)10-16(20-11)21-14-6-8-18-9-7-14/h2-10H,1H3,(H,18,19,20,21). The molecular weight excluding hydrogens is 267 g/mol. The van der Waals surface area contributed by atoms with Crippen molar-refractivity contribution in [2.24, 2.45) is 0 Å². The van der Waals surface area contributed by atoms with E-state index in [4.69, 9.17) is 0 Å². The summed E-state index contributed by atoms with van der Waals surface area (Å²) in [7, 11) is 0. The molecule has 0 unspecified atom stereocenters. The van der Waals surface area contributed by atoms with Crippen LogP contribution in [0.1, 0.15) is 5.82 Å². The van der Waals surface area contributed by atoms with Gasteiger partial charge in [-0.1, -0.05) is 0 Å². The normalized spacial score (nSPS) is 10.4. The molecule has 21 heavy (non-hydrogen) atoms. The van der Waals surface area contributed by atoms with E-state index in [2.05, 4.69) is 20.3 Å².